The number of hydrogen-bond acceptors (Lipinski definition) is 3. The van der Waals surface area contributed by atoms with Crippen LogP contribution in [0, 0.1) is 12.7 Å². The van der Waals surface area contributed by atoms with E-state index in [-0.39, 0.29) is 17.8 Å². The molecule has 0 atom stereocenters. The van der Waals surface area contributed by atoms with Gasteiger partial charge in [0.05, 0.1) is 0 Å². The van der Waals surface area contributed by atoms with Gasteiger partial charge in [0.25, 0.3) is 5.91 Å². The molecule has 1 amide bonds. The van der Waals surface area contributed by atoms with Gasteiger partial charge in [-0.2, -0.15) is 0 Å². The number of carbonyl (C=O) groups is 1. The van der Waals surface area contributed by atoms with Gasteiger partial charge < -0.3 is 9.64 Å². The van der Waals surface area contributed by atoms with Crippen molar-refractivity contribution in [2.24, 2.45) is 0 Å². The van der Waals surface area contributed by atoms with E-state index in [2.05, 4.69) is 4.90 Å². The summed E-state index contributed by atoms with van der Waals surface area (Å²) in [5.74, 6) is 0.204. The van der Waals surface area contributed by atoms with Crippen LogP contribution in [0.5, 0.6) is 5.75 Å². The second-order valence-electron chi connectivity index (χ2n) is 8.17. The number of likely N-dealkylation sites (tertiary alicyclic amines) is 2. The summed E-state index contributed by atoms with van der Waals surface area (Å²) < 4.78 is 19.7. The molecule has 2 aliphatic rings. The number of benzene rings is 2. The topological polar surface area (TPSA) is 32.8 Å². The molecule has 0 saturated carbocycles. The third kappa shape index (κ3) is 4.78. The van der Waals surface area contributed by atoms with Crippen molar-refractivity contribution in [2.75, 3.05) is 26.2 Å². The molecule has 2 aromatic carbocycles. The molecule has 2 fully saturated rings. The number of halogens is 1. The van der Waals surface area contributed by atoms with Gasteiger partial charge in [-0.3, -0.25) is 9.69 Å². The van der Waals surface area contributed by atoms with Gasteiger partial charge >= 0.3 is 0 Å². The van der Waals surface area contributed by atoms with Crippen LogP contribution in [0.1, 0.15) is 41.6 Å². The second kappa shape index (κ2) is 8.95. The van der Waals surface area contributed by atoms with Crippen molar-refractivity contribution >= 4 is 5.91 Å². The average Bonchev–Trinajstić information content (AvgIpc) is 2.76. The standard InChI is InChI=1S/C24H29FN2O2/c1-18-6-8-19(9-7-18)24(28)27-14-10-20(11-15-27)26-16-12-21(13-17-26)29-23-5-3-2-4-22(23)25/h2-9,20-21H,10-17H2,1H3. The van der Waals surface area contributed by atoms with Crippen LogP contribution in [0.25, 0.3) is 0 Å². The summed E-state index contributed by atoms with van der Waals surface area (Å²) in [5.41, 5.74) is 1.95. The van der Waals surface area contributed by atoms with E-state index in [4.69, 9.17) is 4.74 Å². The first-order valence-corrected chi connectivity index (χ1v) is 10.6. The zero-order valence-corrected chi connectivity index (χ0v) is 17.0. The molecule has 0 radical (unpaired) electrons. The highest BCUT2D eigenvalue weighted by Crippen LogP contribution is 2.25. The molecular weight excluding hydrogens is 367 g/mol. The molecule has 4 nitrogen and oxygen atoms in total. The lowest BCUT2D eigenvalue weighted by Gasteiger charge is -2.41. The molecule has 0 N–H and O–H groups in total. The number of ether oxygens (including phenoxy) is 1. The molecule has 29 heavy (non-hydrogen) atoms. The van der Waals surface area contributed by atoms with E-state index in [9.17, 15) is 9.18 Å². The fraction of sp³-hybridized carbons (Fsp3) is 0.458. The van der Waals surface area contributed by atoms with E-state index in [0.29, 0.717) is 11.8 Å². The van der Waals surface area contributed by atoms with E-state index in [1.807, 2.05) is 36.1 Å². The molecule has 0 bridgehead atoms. The normalized spacial score (nSPS) is 19.3. The molecule has 2 aliphatic heterocycles. The lowest BCUT2D eigenvalue weighted by molar-refractivity contribution is 0.0416. The van der Waals surface area contributed by atoms with Crippen molar-refractivity contribution in [3.63, 3.8) is 0 Å². The van der Waals surface area contributed by atoms with E-state index in [1.54, 1.807) is 18.2 Å². The molecule has 0 unspecified atom stereocenters. The number of nitrogens with zero attached hydrogens (tertiary/aromatic N) is 2. The Morgan fingerprint density at radius 1 is 0.931 bits per heavy atom. The molecule has 2 aromatic rings. The van der Waals surface area contributed by atoms with Crippen molar-refractivity contribution in [2.45, 2.75) is 44.8 Å². The monoisotopic (exact) mass is 396 g/mol. The Balaban J connectivity index is 1.24. The third-order valence-corrected chi connectivity index (χ3v) is 6.17. The lowest BCUT2D eigenvalue weighted by Crippen LogP contribution is -2.50. The van der Waals surface area contributed by atoms with Crippen LogP contribution in [0.3, 0.4) is 0 Å². The number of hydrogen-bond donors (Lipinski definition) is 0. The minimum absolute atomic E-state index is 0.0753. The number of rotatable bonds is 4. The number of piperidine rings is 2. The number of para-hydroxylation sites is 1. The van der Waals surface area contributed by atoms with E-state index < -0.39 is 0 Å². The van der Waals surface area contributed by atoms with Crippen LogP contribution in [0.2, 0.25) is 0 Å². The van der Waals surface area contributed by atoms with Crippen molar-refractivity contribution in [3.05, 3.63) is 65.5 Å². The predicted molar refractivity (Wildman–Crippen MR) is 112 cm³/mol. The Bertz CT molecular complexity index is 823. The van der Waals surface area contributed by atoms with Crippen LogP contribution in [-0.2, 0) is 0 Å². The largest absolute Gasteiger partial charge is 0.487 e. The predicted octanol–water partition coefficient (Wildman–Crippen LogP) is 4.28. The summed E-state index contributed by atoms with van der Waals surface area (Å²) in [5, 5.41) is 0. The minimum Gasteiger partial charge on any atom is -0.487 e. The van der Waals surface area contributed by atoms with Gasteiger partial charge in [0.1, 0.15) is 6.10 Å². The fourth-order valence-corrected chi connectivity index (χ4v) is 4.39. The molecule has 2 heterocycles. The summed E-state index contributed by atoms with van der Waals surface area (Å²) in [7, 11) is 0. The Hall–Kier alpha value is -2.40. The highest BCUT2D eigenvalue weighted by atomic mass is 19.1. The van der Waals surface area contributed by atoms with E-state index in [0.717, 1.165) is 57.4 Å². The molecular formula is C24H29FN2O2. The van der Waals surface area contributed by atoms with Crippen LogP contribution < -0.4 is 4.74 Å². The zero-order valence-electron chi connectivity index (χ0n) is 17.0. The maximum Gasteiger partial charge on any atom is 0.253 e. The Morgan fingerprint density at radius 3 is 2.24 bits per heavy atom. The number of aryl methyl sites for hydroxylation is 1. The van der Waals surface area contributed by atoms with Crippen LogP contribution >= 0.6 is 0 Å². The molecule has 0 aromatic heterocycles. The van der Waals surface area contributed by atoms with Gasteiger partial charge in [-0.15, -0.1) is 0 Å². The van der Waals surface area contributed by atoms with Crippen LogP contribution in [0.4, 0.5) is 4.39 Å². The van der Waals surface area contributed by atoms with Gasteiger partial charge in [0.2, 0.25) is 0 Å². The fourth-order valence-electron chi connectivity index (χ4n) is 4.39. The Labute approximate surface area is 172 Å². The summed E-state index contributed by atoms with van der Waals surface area (Å²) in [6, 6.07) is 15.0. The number of amides is 1. The molecule has 0 aliphatic carbocycles. The van der Waals surface area contributed by atoms with Gasteiger partial charge in [-0.25, -0.2) is 4.39 Å². The Morgan fingerprint density at radius 2 is 1.59 bits per heavy atom. The minimum atomic E-state index is -0.291. The zero-order chi connectivity index (χ0) is 20.2. The highest BCUT2D eigenvalue weighted by molar-refractivity contribution is 5.94. The summed E-state index contributed by atoms with van der Waals surface area (Å²) in [4.78, 5) is 17.2. The highest BCUT2D eigenvalue weighted by Gasteiger charge is 2.30. The smallest absolute Gasteiger partial charge is 0.253 e. The summed E-state index contributed by atoms with van der Waals surface area (Å²) in [6.07, 6.45) is 3.92. The quantitative estimate of drug-likeness (QED) is 0.773. The maximum absolute atomic E-state index is 13.8. The number of carbonyl (C=O) groups excluding carboxylic acids is 1. The van der Waals surface area contributed by atoms with Gasteiger partial charge in [-0.1, -0.05) is 29.8 Å². The lowest BCUT2D eigenvalue weighted by atomic mass is 9.98. The first kappa shape index (κ1) is 19.9. The third-order valence-electron chi connectivity index (χ3n) is 6.17. The van der Waals surface area contributed by atoms with E-state index >= 15 is 0 Å². The first-order chi connectivity index (χ1) is 14.1. The van der Waals surface area contributed by atoms with Crippen molar-refractivity contribution in [3.8, 4) is 5.75 Å². The molecule has 2 saturated heterocycles. The van der Waals surface area contributed by atoms with Gasteiger partial charge in [0.15, 0.2) is 11.6 Å². The van der Waals surface area contributed by atoms with Crippen LogP contribution in [-0.4, -0.2) is 54.0 Å². The molecule has 0 spiro atoms. The van der Waals surface area contributed by atoms with Gasteiger partial charge in [-0.05, 0) is 56.9 Å². The van der Waals surface area contributed by atoms with Crippen LogP contribution in [0.15, 0.2) is 48.5 Å². The van der Waals surface area contributed by atoms with Crippen molar-refractivity contribution in [1.29, 1.82) is 0 Å². The first-order valence-electron chi connectivity index (χ1n) is 10.6. The van der Waals surface area contributed by atoms with Gasteiger partial charge in [0, 0.05) is 37.8 Å². The van der Waals surface area contributed by atoms with Crippen molar-refractivity contribution < 1.29 is 13.9 Å². The second-order valence-corrected chi connectivity index (χ2v) is 8.17. The average molecular weight is 397 g/mol. The summed E-state index contributed by atoms with van der Waals surface area (Å²) in [6.45, 7) is 5.59. The summed E-state index contributed by atoms with van der Waals surface area (Å²) >= 11 is 0. The molecule has 154 valence electrons. The maximum atomic E-state index is 13.8. The molecule has 4 rings (SSSR count). The Kier molecular flexibility index (Phi) is 6.14. The van der Waals surface area contributed by atoms with Crippen molar-refractivity contribution in [1.82, 2.24) is 9.80 Å². The molecule has 5 heteroatoms. The van der Waals surface area contributed by atoms with E-state index in [1.165, 1.54) is 11.6 Å². The SMILES string of the molecule is Cc1ccc(C(=O)N2CCC(N3CCC(Oc4ccccc4F)CC3)CC2)cc1.